The summed E-state index contributed by atoms with van der Waals surface area (Å²) in [6.07, 6.45) is 6.22. The van der Waals surface area contributed by atoms with Gasteiger partial charge in [0.05, 0.1) is 6.04 Å². The zero-order valence-electron chi connectivity index (χ0n) is 14.5. The Kier molecular flexibility index (Phi) is 5.00. The van der Waals surface area contributed by atoms with E-state index in [1.807, 2.05) is 30.5 Å². The highest BCUT2D eigenvalue weighted by molar-refractivity contribution is 5.94. The molecule has 3 rings (SSSR count). The summed E-state index contributed by atoms with van der Waals surface area (Å²) in [5, 5.41) is 2.89. The predicted molar refractivity (Wildman–Crippen MR) is 96.7 cm³/mol. The fourth-order valence-corrected chi connectivity index (χ4v) is 3.22. The minimum Gasteiger partial charge on any atom is -0.328 e. The lowest BCUT2D eigenvalue weighted by atomic mass is 10.0. The maximum absolute atomic E-state index is 12.1. The van der Waals surface area contributed by atoms with Crippen LogP contribution in [-0.4, -0.2) is 21.5 Å². The molecule has 1 aromatic carbocycles. The molecule has 0 unspecified atom stereocenters. The number of aryl methyl sites for hydroxylation is 1. The summed E-state index contributed by atoms with van der Waals surface area (Å²) in [6, 6.07) is 7.38. The Morgan fingerprint density at radius 3 is 2.75 bits per heavy atom. The molecule has 2 aromatic rings. The van der Waals surface area contributed by atoms with E-state index in [9.17, 15) is 4.79 Å². The maximum Gasteiger partial charge on any atom is 0.241 e. The number of aromatic nitrogens is 2. The number of anilines is 1. The molecule has 0 saturated heterocycles. The van der Waals surface area contributed by atoms with Gasteiger partial charge in [-0.15, -0.1) is 0 Å². The van der Waals surface area contributed by atoms with Gasteiger partial charge >= 0.3 is 0 Å². The molecule has 0 spiro atoms. The number of carbonyl (C=O) groups is 1. The minimum absolute atomic E-state index is 0.130. The van der Waals surface area contributed by atoms with Crippen molar-refractivity contribution < 1.29 is 4.79 Å². The molecule has 3 N–H and O–H groups in total. The number of nitrogens with two attached hydrogens (primary N) is 1. The Bertz CT molecular complexity index is 703. The van der Waals surface area contributed by atoms with Crippen LogP contribution in [0.15, 0.2) is 30.5 Å². The first-order valence-corrected chi connectivity index (χ1v) is 8.76. The summed E-state index contributed by atoms with van der Waals surface area (Å²) in [6.45, 7) is 5.16. The topological polar surface area (TPSA) is 72.9 Å². The number of nitrogens with one attached hydrogen (secondary N) is 1. The first-order chi connectivity index (χ1) is 11.5. The standard InChI is InChI=1S/C19H26N4O/c1-13(2)11-17(20)19(24)22-15-8-6-14(7-9-15)18-21-12-16-5-3-4-10-23(16)18/h6-9,12-13,17H,3-5,10-11,20H2,1-2H3,(H,22,24)/t17-/m0/s1. The van der Waals surface area contributed by atoms with Crippen molar-refractivity contribution in [2.75, 3.05) is 5.32 Å². The SMILES string of the molecule is CC(C)C[C@H](N)C(=O)Nc1ccc(-c2ncc3n2CCCC3)cc1. The van der Waals surface area contributed by atoms with E-state index in [-0.39, 0.29) is 5.91 Å². The second-order valence-electron chi connectivity index (χ2n) is 6.98. The van der Waals surface area contributed by atoms with E-state index in [1.165, 1.54) is 18.5 Å². The van der Waals surface area contributed by atoms with Gasteiger partial charge in [0, 0.05) is 29.7 Å². The highest BCUT2D eigenvalue weighted by Crippen LogP contribution is 2.25. The molecule has 5 nitrogen and oxygen atoms in total. The van der Waals surface area contributed by atoms with E-state index in [2.05, 4.69) is 28.7 Å². The number of imidazole rings is 1. The first-order valence-electron chi connectivity index (χ1n) is 8.76. The molecular weight excluding hydrogens is 300 g/mol. The molecular formula is C19H26N4O. The van der Waals surface area contributed by atoms with E-state index in [0.29, 0.717) is 12.3 Å². The Hall–Kier alpha value is -2.14. The van der Waals surface area contributed by atoms with Crippen molar-refractivity contribution in [3.8, 4) is 11.4 Å². The number of hydrogen-bond donors (Lipinski definition) is 2. The fourth-order valence-electron chi connectivity index (χ4n) is 3.22. The van der Waals surface area contributed by atoms with Crippen LogP contribution >= 0.6 is 0 Å². The van der Waals surface area contributed by atoms with Crippen LogP contribution in [0.4, 0.5) is 5.69 Å². The maximum atomic E-state index is 12.1. The number of rotatable bonds is 5. The second-order valence-corrected chi connectivity index (χ2v) is 6.98. The van der Waals surface area contributed by atoms with Gasteiger partial charge in [0.25, 0.3) is 0 Å². The van der Waals surface area contributed by atoms with Crippen LogP contribution in [0.2, 0.25) is 0 Å². The van der Waals surface area contributed by atoms with E-state index in [0.717, 1.165) is 30.0 Å². The molecule has 0 radical (unpaired) electrons. The van der Waals surface area contributed by atoms with Crippen LogP contribution in [-0.2, 0) is 17.8 Å². The third-order valence-corrected chi connectivity index (χ3v) is 4.48. The van der Waals surface area contributed by atoms with Crippen molar-refractivity contribution in [1.29, 1.82) is 0 Å². The largest absolute Gasteiger partial charge is 0.328 e. The summed E-state index contributed by atoms with van der Waals surface area (Å²) < 4.78 is 2.30. The second kappa shape index (κ2) is 7.18. The molecule has 24 heavy (non-hydrogen) atoms. The van der Waals surface area contributed by atoms with Gasteiger partial charge in [-0.2, -0.15) is 0 Å². The highest BCUT2D eigenvalue weighted by atomic mass is 16.2. The van der Waals surface area contributed by atoms with Crippen molar-refractivity contribution in [1.82, 2.24) is 9.55 Å². The van der Waals surface area contributed by atoms with Gasteiger partial charge in [0.1, 0.15) is 5.82 Å². The molecule has 1 amide bonds. The van der Waals surface area contributed by atoms with Crippen molar-refractivity contribution >= 4 is 11.6 Å². The van der Waals surface area contributed by atoms with Crippen LogP contribution in [0.5, 0.6) is 0 Å². The third-order valence-electron chi connectivity index (χ3n) is 4.48. The van der Waals surface area contributed by atoms with Crippen molar-refractivity contribution in [2.45, 2.75) is 52.1 Å². The van der Waals surface area contributed by atoms with Crippen LogP contribution in [0.3, 0.4) is 0 Å². The van der Waals surface area contributed by atoms with Crippen molar-refractivity contribution in [2.24, 2.45) is 11.7 Å². The molecule has 128 valence electrons. The van der Waals surface area contributed by atoms with Gasteiger partial charge < -0.3 is 15.6 Å². The number of amides is 1. The van der Waals surface area contributed by atoms with Crippen LogP contribution in [0.1, 0.15) is 38.8 Å². The van der Waals surface area contributed by atoms with Gasteiger partial charge in [0.2, 0.25) is 5.91 Å². The average molecular weight is 326 g/mol. The van der Waals surface area contributed by atoms with Gasteiger partial charge in [0.15, 0.2) is 0 Å². The monoisotopic (exact) mass is 326 g/mol. The summed E-state index contributed by atoms with van der Waals surface area (Å²) in [7, 11) is 0. The zero-order chi connectivity index (χ0) is 17.1. The molecule has 5 heteroatoms. The lowest BCUT2D eigenvalue weighted by Gasteiger charge is -2.17. The number of nitrogens with zero attached hydrogens (tertiary/aromatic N) is 2. The van der Waals surface area contributed by atoms with Crippen LogP contribution in [0.25, 0.3) is 11.4 Å². The van der Waals surface area contributed by atoms with E-state index in [4.69, 9.17) is 5.73 Å². The van der Waals surface area contributed by atoms with Gasteiger partial charge in [-0.1, -0.05) is 13.8 Å². The lowest BCUT2D eigenvalue weighted by molar-refractivity contribution is -0.117. The predicted octanol–water partition coefficient (Wildman–Crippen LogP) is 3.20. The highest BCUT2D eigenvalue weighted by Gasteiger charge is 2.17. The smallest absolute Gasteiger partial charge is 0.241 e. The van der Waals surface area contributed by atoms with Crippen molar-refractivity contribution in [3.63, 3.8) is 0 Å². The molecule has 0 saturated carbocycles. The zero-order valence-corrected chi connectivity index (χ0v) is 14.5. The third kappa shape index (κ3) is 3.67. The van der Waals surface area contributed by atoms with E-state index >= 15 is 0 Å². The summed E-state index contributed by atoms with van der Waals surface area (Å²) >= 11 is 0. The molecule has 0 bridgehead atoms. The number of benzene rings is 1. The Balaban J connectivity index is 1.70. The van der Waals surface area contributed by atoms with Gasteiger partial charge in [-0.05, 0) is 55.9 Å². The van der Waals surface area contributed by atoms with Crippen LogP contribution in [0, 0.1) is 5.92 Å². The molecule has 0 fully saturated rings. The van der Waals surface area contributed by atoms with Crippen LogP contribution < -0.4 is 11.1 Å². The number of hydrogen-bond acceptors (Lipinski definition) is 3. The lowest BCUT2D eigenvalue weighted by Crippen LogP contribution is -2.36. The summed E-state index contributed by atoms with van der Waals surface area (Å²) in [5.74, 6) is 1.29. The Labute approximate surface area is 143 Å². The fraction of sp³-hybridized carbons (Fsp3) is 0.474. The normalized spacial score (nSPS) is 15.2. The van der Waals surface area contributed by atoms with Gasteiger partial charge in [-0.3, -0.25) is 4.79 Å². The van der Waals surface area contributed by atoms with Gasteiger partial charge in [-0.25, -0.2) is 4.98 Å². The number of carbonyl (C=O) groups excluding carboxylic acids is 1. The molecule has 1 aromatic heterocycles. The van der Waals surface area contributed by atoms with Crippen molar-refractivity contribution in [3.05, 3.63) is 36.2 Å². The molecule has 1 aliphatic heterocycles. The van der Waals surface area contributed by atoms with E-state index < -0.39 is 6.04 Å². The molecule has 2 heterocycles. The first kappa shape index (κ1) is 16.7. The molecule has 1 atom stereocenters. The summed E-state index contributed by atoms with van der Waals surface area (Å²) in [5.41, 5.74) is 9.09. The number of fused-ring (bicyclic) bond motifs is 1. The summed E-state index contributed by atoms with van der Waals surface area (Å²) in [4.78, 5) is 16.7. The van der Waals surface area contributed by atoms with E-state index in [1.54, 1.807) is 0 Å². The minimum atomic E-state index is -0.469. The Morgan fingerprint density at radius 2 is 2.04 bits per heavy atom. The quantitative estimate of drug-likeness (QED) is 0.886. The molecule has 1 aliphatic rings. The average Bonchev–Trinajstić information content (AvgIpc) is 2.99. The molecule has 0 aliphatic carbocycles. The Morgan fingerprint density at radius 1 is 1.29 bits per heavy atom.